The fourth-order valence-electron chi connectivity index (χ4n) is 1.68. The Morgan fingerprint density at radius 3 is 2.37 bits per heavy atom. The average Bonchev–Trinajstić information content (AvgIpc) is 2.35. The first-order chi connectivity index (χ1) is 9.02. The van der Waals surface area contributed by atoms with Gasteiger partial charge in [-0.1, -0.05) is 29.3 Å². The predicted octanol–water partition coefficient (Wildman–Crippen LogP) is 3.14. The number of carbonyl (C=O) groups excluding carboxylic acids is 1. The van der Waals surface area contributed by atoms with Gasteiger partial charge in [0.15, 0.2) is 11.1 Å². The van der Waals surface area contributed by atoms with E-state index >= 15 is 0 Å². The average molecular weight is 315 g/mol. The number of H-pyrrole nitrogens is 2. The lowest BCUT2D eigenvalue weighted by Crippen LogP contribution is -2.18. The van der Waals surface area contributed by atoms with Gasteiger partial charge in [0.25, 0.3) is 5.56 Å². The molecule has 0 atom stereocenters. The quantitative estimate of drug-likeness (QED) is 0.675. The van der Waals surface area contributed by atoms with E-state index in [9.17, 15) is 9.59 Å². The minimum atomic E-state index is -0.429. The topological polar surface area (TPSA) is 65.7 Å². The maximum absolute atomic E-state index is 11.9. The van der Waals surface area contributed by atoms with Crippen LogP contribution in [0.3, 0.4) is 0 Å². The smallest absolute Gasteiger partial charge is 0.255 e. The molecule has 4 nitrogen and oxygen atoms in total. The number of nitrogens with one attached hydrogen (secondary N) is 2. The zero-order valence-electron chi connectivity index (χ0n) is 9.50. The van der Waals surface area contributed by atoms with Gasteiger partial charge in [0.1, 0.15) is 0 Å². The Morgan fingerprint density at radius 1 is 1.16 bits per heavy atom. The van der Waals surface area contributed by atoms with Crippen LogP contribution in [0.5, 0.6) is 0 Å². The molecule has 0 fully saturated rings. The second-order valence-electron chi connectivity index (χ2n) is 3.80. The van der Waals surface area contributed by atoms with Crippen LogP contribution in [0.4, 0.5) is 0 Å². The van der Waals surface area contributed by atoms with Crippen molar-refractivity contribution in [2.24, 2.45) is 0 Å². The highest BCUT2D eigenvalue weighted by Crippen LogP contribution is 2.26. The van der Waals surface area contributed by atoms with Crippen LogP contribution in [0.1, 0.15) is 21.6 Å². The van der Waals surface area contributed by atoms with Gasteiger partial charge in [0, 0.05) is 22.0 Å². The van der Waals surface area contributed by atoms with E-state index in [1.807, 2.05) is 0 Å². The fourth-order valence-corrected chi connectivity index (χ4v) is 2.42. The number of aromatic nitrogens is 2. The largest absolute Gasteiger partial charge is 0.329 e. The van der Waals surface area contributed by atoms with E-state index in [0.29, 0.717) is 21.9 Å². The molecule has 1 aromatic carbocycles. The summed E-state index contributed by atoms with van der Waals surface area (Å²) in [7, 11) is 0. The van der Waals surface area contributed by atoms with Crippen LogP contribution >= 0.6 is 35.4 Å². The molecule has 7 heteroatoms. The van der Waals surface area contributed by atoms with Gasteiger partial charge < -0.3 is 4.98 Å². The van der Waals surface area contributed by atoms with Crippen molar-refractivity contribution in [2.45, 2.75) is 6.42 Å². The first-order valence-electron chi connectivity index (χ1n) is 5.26. The standard InChI is InChI=1S/C12H8Cl2N2O2S/c13-8-2-1-3-9(14)6(8)4-7-10(5-17)15-12(19)16-11(7)18/h1-3,5H,4H2,(H2,15,16,18,19). The number of carbonyl (C=O) groups is 1. The molecule has 0 unspecified atom stereocenters. The Hall–Kier alpha value is -1.43. The van der Waals surface area contributed by atoms with E-state index in [1.54, 1.807) is 18.2 Å². The number of benzene rings is 1. The van der Waals surface area contributed by atoms with E-state index in [-0.39, 0.29) is 22.4 Å². The van der Waals surface area contributed by atoms with E-state index in [4.69, 9.17) is 35.4 Å². The molecule has 0 bridgehead atoms. The second-order valence-corrected chi connectivity index (χ2v) is 5.02. The van der Waals surface area contributed by atoms with Crippen LogP contribution in [-0.2, 0) is 6.42 Å². The number of aromatic amines is 2. The summed E-state index contributed by atoms with van der Waals surface area (Å²) >= 11 is 16.9. The zero-order valence-corrected chi connectivity index (χ0v) is 11.8. The Labute approximate surface area is 123 Å². The summed E-state index contributed by atoms with van der Waals surface area (Å²) in [5.74, 6) is 0. The van der Waals surface area contributed by atoms with Crippen molar-refractivity contribution >= 4 is 41.7 Å². The lowest BCUT2D eigenvalue weighted by atomic mass is 10.0. The van der Waals surface area contributed by atoms with E-state index in [1.165, 1.54) is 0 Å². The summed E-state index contributed by atoms with van der Waals surface area (Å²) in [6.45, 7) is 0. The maximum atomic E-state index is 11.9. The van der Waals surface area contributed by atoms with Gasteiger partial charge in [-0.3, -0.25) is 14.6 Å². The van der Waals surface area contributed by atoms with Gasteiger partial charge in [-0.05, 0) is 29.9 Å². The van der Waals surface area contributed by atoms with Crippen LogP contribution in [0.2, 0.25) is 10.0 Å². The molecule has 2 aromatic rings. The number of aldehydes is 1. The van der Waals surface area contributed by atoms with Crippen molar-refractivity contribution in [1.29, 1.82) is 0 Å². The monoisotopic (exact) mass is 314 g/mol. The number of hydrogen-bond donors (Lipinski definition) is 2. The lowest BCUT2D eigenvalue weighted by molar-refractivity contribution is 0.111. The normalized spacial score (nSPS) is 10.4. The van der Waals surface area contributed by atoms with Crippen LogP contribution in [-0.4, -0.2) is 16.3 Å². The van der Waals surface area contributed by atoms with E-state index < -0.39 is 5.56 Å². The third kappa shape index (κ3) is 2.94. The van der Waals surface area contributed by atoms with Gasteiger partial charge in [-0.25, -0.2) is 0 Å². The summed E-state index contributed by atoms with van der Waals surface area (Å²) in [4.78, 5) is 27.9. The minimum Gasteiger partial charge on any atom is -0.329 e. The molecule has 2 rings (SSSR count). The van der Waals surface area contributed by atoms with Crippen molar-refractivity contribution < 1.29 is 4.79 Å². The van der Waals surface area contributed by atoms with Crippen LogP contribution in [0.15, 0.2) is 23.0 Å². The summed E-state index contributed by atoms with van der Waals surface area (Å²) < 4.78 is 0.0982. The molecule has 19 heavy (non-hydrogen) atoms. The molecule has 98 valence electrons. The highest BCUT2D eigenvalue weighted by atomic mass is 35.5. The molecule has 0 spiro atoms. The first kappa shape index (κ1) is 14.0. The summed E-state index contributed by atoms with van der Waals surface area (Å²) in [6.07, 6.45) is 0.694. The third-order valence-electron chi connectivity index (χ3n) is 2.61. The molecule has 1 aromatic heterocycles. The van der Waals surface area contributed by atoms with Crippen molar-refractivity contribution in [3.05, 3.63) is 60.2 Å². The highest BCUT2D eigenvalue weighted by molar-refractivity contribution is 7.71. The molecule has 0 saturated heterocycles. The Balaban J connectivity index is 2.59. The van der Waals surface area contributed by atoms with Gasteiger partial charge in [0.05, 0.1) is 5.69 Å². The van der Waals surface area contributed by atoms with Crippen LogP contribution in [0.25, 0.3) is 0 Å². The molecule has 2 N–H and O–H groups in total. The minimum absolute atomic E-state index is 0.0982. The van der Waals surface area contributed by atoms with Gasteiger partial charge >= 0.3 is 0 Å². The predicted molar refractivity (Wildman–Crippen MR) is 76.9 cm³/mol. The lowest BCUT2D eigenvalue weighted by Gasteiger charge is -2.08. The molecule has 0 saturated carbocycles. The molecule has 0 amide bonds. The van der Waals surface area contributed by atoms with Gasteiger partial charge in [-0.2, -0.15) is 0 Å². The number of halogens is 2. The van der Waals surface area contributed by atoms with Gasteiger partial charge in [0.2, 0.25) is 0 Å². The molecule has 0 aliphatic heterocycles. The molecular weight excluding hydrogens is 307 g/mol. The maximum Gasteiger partial charge on any atom is 0.255 e. The molecule has 0 aliphatic rings. The van der Waals surface area contributed by atoms with E-state index in [2.05, 4.69) is 9.97 Å². The number of rotatable bonds is 3. The highest BCUT2D eigenvalue weighted by Gasteiger charge is 2.13. The Bertz CT molecular complexity index is 732. The fraction of sp³-hybridized carbons (Fsp3) is 0.0833. The van der Waals surface area contributed by atoms with Crippen LogP contribution in [0, 0.1) is 4.77 Å². The van der Waals surface area contributed by atoms with Crippen molar-refractivity contribution in [2.75, 3.05) is 0 Å². The second kappa shape index (κ2) is 5.69. The summed E-state index contributed by atoms with van der Waals surface area (Å²) in [5, 5.41) is 0.873. The summed E-state index contributed by atoms with van der Waals surface area (Å²) in [5.41, 5.74) is 0.537. The van der Waals surface area contributed by atoms with Crippen LogP contribution < -0.4 is 5.56 Å². The molecular formula is C12H8Cl2N2O2S. The third-order valence-corrected chi connectivity index (χ3v) is 3.52. The summed E-state index contributed by atoms with van der Waals surface area (Å²) in [6, 6.07) is 5.04. The molecule has 1 heterocycles. The molecule has 0 aliphatic carbocycles. The first-order valence-corrected chi connectivity index (χ1v) is 6.43. The zero-order chi connectivity index (χ0) is 14.0. The van der Waals surface area contributed by atoms with Crippen molar-refractivity contribution in [3.63, 3.8) is 0 Å². The Kier molecular flexibility index (Phi) is 4.19. The van der Waals surface area contributed by atoms with E-state index in [0.717, 1.165) is 0 Å². The SMILES string of the molecule is O=Cc1[nH]c(=S)[nH]c(=O)c1Cc1c(Cl)cccc1Cl. The Morgan fingerprint density at radius 2 is 1.79 bits per heavy atom. The van der Waals surface area contributed by atoms with Crippen molar-refractivity contribution in [3.8, 4) is 0 Å². The van der Waals surface area contributed by atoms with Crippen molar-refractivity contribution in [1.82, 2.24) is 9.97 Å². The van der Waals surface area contributed by atoms with Gasteiger partial charge in [-0.15, -0.1) is 0 Å². The molecule has 0 radical (unpaired) electrons. The number of hydrogen-bond acceptors (Lipinski definition) is 3.